The lowest BCUT2D eigenvalue weighted by molar-refractivity contribution is -0.143. The summed E-state index contributed by atoms with van der Waals surface area (Å²) in [7, 11) is -0.552. The summed E-state index contributed by atoms with van der Waals surface area (Å²) < 4.78 is 28.1. The Kier molecular flexibility index (Phi) is 6.69. The predicted octanol–water partition coefficient (Wildman–Crippen LogP) is -1.90. The number of carboxylic acids is 1. The Labute approximate surface area is 99.6 Å². The van der Waals surface area contributed by atoms with Gasteiger partial charge in [0.1, 0.15) is 13.2 Å². The smallest absolute Gasteiger partial charge is 0.329 e. The molecule has 0 rings (SSSR count). The lowest BCUT2D eigenvalue weighted by Crippen LogP contribution is -2.35. The highest BCUT2D eigenvalue weighted by Crippen LogP contribution is 1.91. The highest BCUT2D eigenvalue weighted by molar-refractivity contribution is 7.89. The number of nitrogens with one attached hydrogen (secondary N) is 1. The Bertz CT molecular complexity index is 364. The van der Waals surface area contributed by atoms with E-state index >= 15 is 0 Å². The Morgan fingerprint density at radius 1 is 1.29 bits per heavy atom. The van der Waals surface area contributed by atoms with E-state index < -0.39 is 35.1 Å². The monoisotopic (exact) mass is 268 g/mol. The average Bonchev–Trinajstić information content (AvgIpc) is 2.16. The Hall–Kier alpha value is -1.19. The maximum Gasteiger partial charge on any atom is 0.329 e. The maximum atomic E-state index is 11.3. The number of carboxylic acid groups (broad SMARTS) is 1. The minimum Gasteiger partial charge on any atom is -0.480 e. The molecule has 100 valence electrons. The van der Waals surface area contributed by atoms with Gasteiger partial charge in [-0.25, -0.2) is 17.5 Å². The third kappa shape index (κ3) is 7.66. The van der Waals surface area contributed by atoms with Crippen molar-refractivity contribution >= 4 is 21.9 Å². The fraction of sp³-hybridized carbons (Fsp3) is 0.750. The zero-order valence-electron chi connectivity index (χ0n) is 9.67. The lowest BCUT2D eigenvalue weighted by atomic mass is 10.6. The van der Waals surface area contributed by atoms with Crippen LogP contribution >= 0.6 is 0 Å². The predicted molar refractivity (Wildman–Crippen MR) is 58.9 cm³/mol. The fourth-order valence-electron chi connectivity index (χ4n) is 0.784. The van der Waals surface area contributed by atoms with Crippen LogP contribution in [0.1, 0.15) is 0 Å². The van der Waals surface area contributed by atoms with Crippen LogP contribution in [0.4, 0.5) is 0 Å². The first-order chi connectivity index (χ1) is 7.75. The zero-order valence-corrected chi connectivity index (χ0v) is 10.5. The molecule has 2 N–H and O–H groups in total. The second-order valence-electron chi connectivity index (χ2n) is 3.33. The number of nitrogens with zero attached hydrogens (tertiary/aromatic N) is 1. The van der Waals surface area contributed by atoms with E-state index in [0.29, 0.717) is 0 Å². The van der Waals surface area contributed by atoms with Crippen LogP contribution in [0.2, 0.25) is 0 Å². The van der Waals surface area contributed by atoms with Gasteiger partial charge in [0.05, 0.1) is 5.75 Å². The molecule has 0 fully saturated rings. The van der Waals surface area contributed by atoms with E-state index in [0.717, 1.165) is 4.31 Å². The van der Waals surface area contributed by atoms with Crippen LogP contribution in [-0.2, 0) is 24.3 Å². The number of rotatable bonds is 8. The minimum absolute atomic E-state index is 0.0459. The van der Waals surface area contributed by atoms with E-state index in [1.165, 1.54) is 14.1 Å². The molecule has 1 amide bonds. The van der Waals surface area contributed by atoms with E-state index in [1.54, 1.807) is 0 Å². The van der Waals surface area contributed by atoms with Crippen LogP contribution in [0.15, 0.2) is 0 Å². The summed E-state index contributed by atoms with van der Waals surface area (Å²) in [4.78, 5) is 21.1. The molecule has 0 aliphatic rings. The van der Waals surface area contributed by atoms with Crippen molar-refractivity contribution < 1.29 is 27.9 Å². The van der Waals surface area contributed by atoms with E-state index in [-0.39, 0.29) is 12.3 Å². The van der Waals surface area contributed by atoms with Gasteiger partial charge in [-0.2, -0.15) is 0 Å². The van der Waals surface area contributed by atoms with E-state index in [4.69, 9.17) is 5.11 Å². The molecule has 0 unspecified atom stereocenters. The number of carbonyl (C=O) groups is 2. The molecule has 0 aliphatic carbocycles. The second kappa shape index (κ2) is 7.20. The van der Waals surface area contributed by atoms with Gasteiger partial charge < -0.3 is 15.2 Å². The topological polar surface area (TPSA) is 113 Å². The summed E-state index contributed by atoms with van der Waals surface area (Å²) in [6.07, 6.45) is 0. The van der Waals surface area contributed by atoms with Crippen molar-refractivity contribution in [2.45, 2.75) is 0 Å². The third-order valence-electron chi connectivity index (χ3n) is 1.70. The van der Waals surface area contributed by atoms with Crippen molar-refractivity contribution in [1.29, 1.82) is 0 Å². The standard InChI is InChI=1S/C8H16N2O6S/c1-10(2)17(14,15)4-3-9-7(11)5-16-6-8(12)13/h3-6H2,1-2H3,(H,9,11)(H,12,13). The van der Waals surface area contributed by atoms with Crippen molar-refractivity contribution in [3.8, 4) is 0 Å². The highest BCUT2D eigenvalue weighted by atomic mass is 32.2. The van der Waals surface area contributed by atoms with Gasteiger partial charge in [0, 0.05) is 20.6 Å². The van der Waals surface area contributed by atoms with Gasteiger partial charge in [0.25, 0.3) is 0 Å². The number of amides is 1. The molecule has 0 aliphatic heterocycles. The molecular formula is C8H16N2O6S. The summed E-state index contributed by atoms with van der Waals surface area (Å²) >= 11 is 0. The molecule has 8 nitrogen and oxygen atoms in total. The molecule has 17 heavy (non-hydrogen) atoms. The Morgan fingerprint density at radius 2 is 1.88 bits per heavy atom. The average molecular weight is 268 g/mol. The van der Waals surface area contributed by atoms with Gasteiger partial charge in [0.2, 0.25) is 15.9 Å². The second-order valence-corrected chi connectivity index (χ2v) is 5.64. The van der Waals surface area contributed by atoms with Crippen molar-refractivity contribution in [2.24, 2.45) is 0 Å². The molecule has 0 aromatic carbocycles. The largest absolute Gasteiger partial charge is 0.480 e. The van der Waals surface area contributed by atoms with Gasteiger partial charge in [-0.15, -0.1) is 0 Å². The fourth-order valence-corrected chi connectivity index (χ4v) is 1.51. The van der Waals surface area contributed by atoms with Crippen molar-refractivity contribution in [1.82, 2.24) is 9.62 Å². The minimum atomic E-state index is -3.34. The van der Waals surface area contributed by atoms with Crippen LogP contribution < -0.4 is 5.32 Å². The maximum absolute atomic E-state index is 11.3. The number of aliphatic carboxylic acids is 1. The molecule has 0 radical (unpaired) electrons. The molecule has 0 spiro atoms. The molecule has 0 aromatic heterocycles. The van der Waals surface area contributed by atoms with Crippen molar-refractivity contribution in [3.05, 3.63) is 0 Å². The van der Waals surface area contributed by atoms with Gasteiger partial charge in [-0.1, -0.05) is 0 Å². The summed E-state index contributed by atoms with van der Waals surface area (Å²) in [6.45, 7) is -1.02. The third-order valence-corrected chi connectivity index (χ3v) is 3.53. The summed E-state index contributed by atoms with van der Waals surface area (Å²) in [5, 5.41) is 10.5. The van der Waals surface area contributed by atoms with Crippen LogP contribution in [0.3, 0.4) is 0 Å². The van der Waals surface area contributed by atoms with Gasteiger partial charge in [0.15, 0.2) is 0 Å². The normalized spacial score (nSPS) is 11.5. The van der Waals surface area contributed by atoms with Crippen LogP contribution in [-0.4, -0.2) is 69.3 Å². The highest BCUT2D eigenvalue weighted by Gasteiger charge is 2.13. The molecular weight excluding hydrogens is 252 g/mol. The first-order valence-electron chi connectivity index (χ1n) is 4.72. The van der Waals surface area contributed by atoms with Crippen molar-refractivity contribution in [2.75, 3.05) is 39.6 Å². The molecule has 9 heteroatoms. The quantitative estimate of drug-likeness (QED) is 0.531. The number of carbonyl (C=O) groups excluding carboxylic acids is 1. The van der Waals surface area contributed by atoms with E-state index in [1.807, 2.05) is 0 Å². The van der Waals surface area contributed by atoms with E-state index in [2.05, 4.69) is 10.1 Å². The first-order valence-corrected chi connectivity index (χ1v) is 6.33. The number of sulfonamides is 1. The van der Waals surface area contributed by atoms with E-state index in [9.17, 15) is 18.0 Å². The van der Waals surface area contributed by atoms with Gasteiger partial charge in [-0.3, -0.25) is 4.79 Å². The van der Waals surface area contributed by atoms with Crippen LogP contribution in [0, 0.1) is 0 Å². The first kappa shape index (κ1) is 15.8. The summed E-state index contributed by atoms with van der Waals surface area (Å²) in [5.41, 5.74) is 0. The van der Waals surface area contributed by atoms with Crippen LogP contribution in [0.25, 0.3) is 0 Å². The molecule has 0 saturated heterocycles. The van der Waals surface area contributed by atoms with Crippen molar-refractivity contribution in [3.63, 3.8) is 0 Å². The number of hydrogen-bond donors (Lipinski definition) is 2. The van der Waals surface area contributed by atoms with Gasteiger partial charge >= 0.3 is 5.97 Å². The Morgan fingerprint density at radius 3 is 2.35 bits per heavy atom. The summed E-state index contributed by atoms with van der Waals surface area (Å²) in [5.74, 6) is -1.95. The van der Waals surface area contributed by atoms with Gasteiger partial charge in [-0.05, 0) is 0 Å². The molecule has 0 bridgehead atoms. The SMILES string of the molecule is CN(C)S(=O)(=O)CCNC(=O)COCC(=O)O. The molecule has 0 heterocycles. The van der Waals surface area contributed by atoms with Crippen LogP contribution in [0.5, 0.6) is 0 Å². The number of hydrogen-bond acceptors (Lipinski definition) is 5. The zero-order chi connectivity index (χ0) is 13.5. The lowest BCUT2D eigenvalue weighted by Gasteiger charge is -2.11. The molecule has 0 aromatic rings. The Balaban J connectivity index is 3.76. The molecule has 0 atom stereocenters. The summed E-state index contributed by atoms with van der Waals surface area (Å²) in [6, 6.07) is 0. The number of ether oxygens (including phenoxy) is 1. The molecule has 0 saturated carbocycles.